The molecule has 3 nitrogen and oxygen atoms in total. The van der Waals surface area contributed by atoms with E-state index in [4.69, 9.17) is 11.6 Å². The molecular weight excluding hydrogens is 257 g/mol. The van der Waals surface area contributed by atoms with E-state index in [-0.39, 0.29) is 5.38 Å². The lowest BCUT2D eigenvalue weighted by Crippen LogP contribution is -2.05. The molecule has 5 heteroatoms. The van der Waals surface area contributed by atoms with Gasteiger partial charge in [-0.2, -0.15) is 4.39 Å². The Kier molecular flexibility index (Phi) is 5.54. The summed E-state index contributed by atoms with van der Waals surface area (Å²) in [6, 6.07) is 4.01. The lowest BCUT2D eigenvalue weighted by atomic mass is 10.0. The molecule has 0 aliphatic rings. The summed E-state index contributed by atoms with van der Waals surface area (Å²) in [7, 11) is 0. The molecule has 0 saturated carbocycles. The number of nitro groups is 1. The Morgan fingerprint density at radius 2 is 2.11 bits per heavy atom. The summed E-state index contributed by atoms with van der Waals surface area (Å²) in [5, 5.41) is 10.5. The van der Waals surface area contributed by atoms with Crippen molar-refractivity contribution in [3.8, 4) is 0 Å². The minimum atomic E-state index is -0.785. The van der Waals surface area contributed by atoms with Gasteiger partial charge in [0.05, 0.1) is 4.92 Å². The summed E-state index contributed by atoms with van der Waals surface area (Å²) >= 11 is 6.15. The third-order valence-corrected chi connectivity index (χ3v) is 3.08. The molecule has 0 fully saturated rings. The second kappa shape index (κ2) is 6.69. The molecule has 0 saturated heterocycles. The molecule has 0 aromatic heterocycles. The van der Waals surface area contributed by atoms with E-state index in [1.54, 1.807) is 6.07 Å². The molecule has 1 rings (SSSR count). The van der Waals surface area contributed by atoms with Gasteiger partial charge in [0.15, 0.2) is 0 Å². The number of benzene rings is 1. The van der Waals surface area contributed by atoms with E-state index in [0.717, 1.165) is 18.4 Å². The highest BCUT2D eigenvalue weighted by Crippen LogP contribution is 2.21. The Hall–Kier alpha value is -1.16. The van der Waals surface area contributed by atoms with E-state index in [2.05, 4.69) is 13.8 Å². The van der Waals surface area contributed by atoms with Crippen molar-refractivity contribution in [2.45, 2.75) is 38.5 Å². The average molecular weight is 274 g/mol. The number of nitro benzene ring substituents is 1. The second-order valence-corrected chi connectivity index (χ2v) is 5.43. The zero-order valence-electron chi connectivity index (χ0n) is 10.5. The van der Waals surface area contributed by atoms with Crippen molar-refractivity contribution >= 4 is 17.3 Å². The van der Waals surface area contributed by atoms with E-state index in [0.29, 0.717) is 12.3 Å². The van der Waals surface area contributed by atoms with E-state index in [9.17, 15) is 14.5 Å². The van der Waals surface area contributed by atoms with Crippen molar-refractivity contribution in [2.75, 3.05) is 0 Å². The third kappa shape index (κ3) is 4.61. The number of rotatable bonds is 6. The highest BCUT2D eigenvalue weighted by molar-refractivity contribution is 6.20. The Morgan fingerprint density at radius 3 is 2.61 bits per heavy atom. The predicted octanol–water partition coefficient (Wildman–Crippen LogP) is 4.32. The van der Waals surface area contributed by atoms with Crippen LogP contribution in [0.1, 0.15) is 32.3 Å². The molecule has 0 heterocycles. The maximum atomic E-state index is 13.4. The van der Waals surface area contributed by atoms with Crippen molar-refractivity contribution in [1.82, 2.24) is 0 Å². The molecule has 1 aromatic carbocycles. The van der Waals surface area contributed by atoms with Crippen LogP contribution in [-0.2, 0) is 6.42 Å². The zero-order valence-corrected chi connectivity index (χ0v) is 11.3. The van der Waals surface area contributed by atoms with Crippen LogP contribution in [0.5, 0.6) is 0 Å². The number of aryl methyl sites for hydroxylation is 1. The quantitative estimate of drug-likeness (QED) is 0.440. The molecule has 0 aliphatic heterocycles. The first kappa shape index (κ1) is 14.9. The third-order valence-electron chi connectivity index (χ3n) is 2.68. The fourth-order valence-electron chi connectivity index (χ4n) is 1.81. The maximum Gasteiger partial charge on any atom is 0.304 e. The van der Waals surface area contributed by atoms with Gasteiger partial charge in [-0.25, -0.2) is 0 Å². The lowest BCUT2D eigenvalue weighted by Gasteiger charge is -2.11. The molecule has 100 valence electrons. The summed E-state index contributed by atoms with van der Waals surface area (Å²) in [6.45, 7) is 4.20. The largest absolute Gasteiger partial charge is 0.304 e. The first-order valence-corrected chi connectivity index (χ1v) is 6.40. The van der Waals surface area contributed by atoms with Crippen molar-refractivity contribution in [3.05, 3.63) is 39.7 Å². The SMILES string of the molecule is CC(C)CC(Cl)CCc1ccc([N+](=O)[O-])c(F)c1. The molecule has 0 amide bonds. The lowest BCUT2D eigenvalue weighted by molar-refractivity contribution is -0.387. The van der Waals surface area contributed by atoms with Crippen molar-refractivity contribution in [2.24, 2.45) is 5.92 Å². The van der Waals surface area contributed by atoms with Crippen molar-refractivity contribution in [1.29, 1.82) is 0 Å². The predicted molar refractivity (Wildman–Crippen MR) is 70.5 cm³/mol. The highest BCUT2D eigenvalue weighted by Gasteiger charge is 2.14. The van der Waals surface area contributed by atoms with Crippen LogP contribution in [0.4, 0.5) is 10.1 Å². The van der Waals surface area contributed by atoms with Crippen LogP contribution < -0.4 is 0 Å². The molecule has 18 heavy (non-hydrogen) atoms. The first-order chi connectivity index (χ1) is 8.40. The van der Waals surface area contributed by atoms with Crippen molar-refractivity contribution in [3.63, 3.8) is 0 Å². The summed E-state index contributed by atoms with van der Waals surface area (Å²) < 4.78 is 13.4. The van der Waals surface area contributed by atoms with Gasteiger partial charge in [0, 0.05) is 11.4 Å². The van der Waals surface area contributed by atoms with Gasteiger partial charge in [0.2, 0.25) is 5.82 Å². The first-order valence-electron chi connectivity index (χ1n) is 5.97. The zero-order chi connectivity index (χ0) is 13.7. The molecular formula is C13H17ClFNO2. The fraction of sp³-hybridized carbons (Fsp3) is 0.538. The van der Waals surface area contributed by atoms with Crippen LogP contribution in [0.15, 0.2) is 18.2 Å². The average Bonchev–Trinajstić information content (AvgIpc) is 2.25. The van der Waals surface area contributed by atoms with Gasteiger partial charge in [-0.15, -0.1) is 11.6 Å². The normalized spacial score (nSPS) is 12.7. The van der Waals surface area contributed by atoms with Gasteiger partial charge < -0.3 is 0 Å². The van der Waals surface area contributed by atoms with Crippen LogP contribution in [0.3, 0.4) is 0 Å². The maximum absolute atomic E-state index is 13.4. The van der Waals surface area contributed by atoms with Crippen LogP contribution in [0.25, 0.3) is 0 Å². The molecule has 0 spiro atoms. The molecule has 1 aromatic rings. The Labute approximate surface area is 111 Å². The molecule has 0 aliphatic carbocycles. The molecule has 1 unspecified atom stereocenters. The van der Waals surface area contributed by atoms with Crippen LogP contribution in [0, 0.1) is 21.8 Å². The molecule has 0 bridgehead atoms. The Morgan fingerprint density at radius 1 is 1.44 bits per heavy atom. The summed E-state index contributed by atoms with van der Waals surface area (Å²) in [5.74, 6) is -0.256. The van der Waals surface area contributed by atoms with Gasteiger partial charge in [-0.05, 0) is 36.8 Å². The molecule has 0 N–H and O–H groups in total. The van der Waals surface area contributed by atoms with E-state index >= 15 is 0 Å². The minimum Gasteiger partial charge on any atom is -0.258 e. The smallest absolute Gasteiger partial charge is 0.258 e. The summed E-state index contributed by atoms with van der Waals surface area (Å²) in [5.41, 5.74) is 0.260. The van der Waals surface area contributed by atoms with Gasteiger partial charge in [-0.3, -0.25) is 10.1 Å². The van der Waals surface area contributed by atoms with E-state index in [1.165, 1.54) is 12.1 Å². The topological polar surface area (TPSA) is 43.1 Å². The van der Waals surface area contributed by atoms with Crippen LogP contribution in [0.2, 0.25) is 0 Å². The number of hydrogen-bond donors (Lipinski definition) is 0. The van der Waals surface area contributed by atoms with E-state index in [1.807, 2.05) is 0 Å². The highest BCUT2D eigenvalue weighted by atomic mass is 35.5. The van der Waals surface area contributed by atoms with Gasteiger partial charge >= 0.3 is 5.69 Å². The summed E-state index contributed by atoms with van der Waals surface area (Å²) in [4.78, 5) is 9.74. The number of halogens is 2. The number of nitrogens with zero attached hydrogens (tertiary/aromatic N) is 1. The second-order valence-electron chi connectivity index (χ2n) is 4.81. The standard InChI is InChI=1S/C13H17ClFNO2/c1-9(2)7-11(14)5-3-10-4-6-13(16(17)18)12(15)8-10/h4,6,8-9,11H,3,5,7H2,1-2H3. The van der Waals surface area contributed by atoms with Crippen LogP contribution >= 0.6 is 11.6 Å². The van der Waals surface area contributed by atoms with Gasteiger partial charge in [0.1, 0.15) is 0 Å². The Balaban J connectivity index is 2.58. The number of hydrogen-bond acceptors (Lipinski definition) is 2. The monoisotopic (exact) mass is 273 g/mol. The Bertz CT molecular complexity index is 423. The van der Waals surface area contributed by atoms with Gasteiger partial charge in [-0.1, -0.05) is 19.9 Å². The molecule has 1 atom stereocenters. The van der Waals surface area contributed by atoms with Gasteiger partial charge in [0.25, 0.3) is 0 Å². The minimum absolute atomic E-state index is 0.0586. The van der Waals surface area contributed by atoms with Crippen molar-refractivity contribution < 1.29 is 9.31 Å². The van der Waals surface area contributed by atoms with Crippen LogP contribution in [-0.4, -0.2) is 10.3 Å². The van der Waals surface area contributed by atoms with E-state index < -0.39 is 16.4 Å². The summed E-state index contributed by atoms with van der Waals surface area (Å²) in [6.07, 6.45) is 2.30. The fourth-order valence-corrected chi connectivity index (χ4v) is 2.27. The molecule has 0 radical (unpaired) electrons. The number of alkyl halides is 1.